The van der Waals surface area contributed by atoms with Crippen LogP contribution >= 0.6 is 35.7 Å². The summed E-state index contributed by atoms with van der Waals surface area (Å²) >= 11 is 1.69. The number of thioether (sulfide) groups is 1. The number of aromatic nitrogens is 1. The standard InChI is InChI=1S/C22H31FN6S.HI/c1-24-22(27-15-18-4-5-20(23)13-19(18)16-30-3)26-14-17-6-7-25-21(12-17)29-10-8-28(2)9-11-29;/h4-7,12-13H,8-11,14-16H2,1-3H3,(H2,24,26,27);1H. The Kier molecular flexibility index (Phi) is 10.8. The highest BCUT2D eigenvalue weighted by Crippen LogP contribution is 2.17. The molecule has 6 nitrogen and oxygen atoms in total. The molecule has 9 heteroatoms. The first-order valence-corrected chi connectivity index (χ1v) is 11.6. The van der Waals surface area contributed by atoms with Crippen LogP contribution in [0.4, 0.5) is 10.2 Å². The number of nitrogens with zero attached hydrogens (tertiary/aromatic N) is 4. The van der Waals surface area contributed by atoms with Gasteiger partial charge in [0.1, 0.15) is 11.6 Å². The summed E-state index contributed by atoms with van der Waals surface area (Å²) in [6, 6.07) is 9.12. The van der Waals surface area contributed by atoms with Crippen LogP contribution in [0.3, 0.4) is 0 Å². The summed E-state index contributed by atoms with van der Waals surface area (Å²) in [5.74, 6) is 2.33. The third kappa shape index (κ3) is 7.80. The molecule has 0 aliphatic carbocycles. The Morgan fingerprint density at radius 2 is 1.84 bits per heavy atom. The zero-order chi connectivity index (χ0) is 21.3. The van der Waals surface area contributed by atoms with E-state index in [1.54, 1.807) is 24.9 Å². The first kappa shape index (κ1) is 25.7. The van der Waals surface area contributed by atoms with Crippen LogP contribution in [0.25, 0.3) is 0 Å². The van der Waals surface area contributed by atoms with Crippen LogP contribution in [0.2, 0.25) is 0 Å². The Hall–Kier alpha value is -1.59. The van der Waals surface area contributed by atoms with E-state index < -0.39 is 0 Å². The molecule has 0 radical (unpaired) electrons. The van der Waals surface area contributed by atoms with Gasteiger partial charge in [0.05, 0.1) is 0 Å². The van der Waals surface area contributed by atoms with Crippen LogP contribution in [0.15, 0.2) is 41.5 Å². The third-order valence-electron chi connectivity index (χ3n) is 5.24. The maximum atomic E-state index is 13.6. The van der Waals surface area contributed by atoms with Gasteiger partial charge in [0.25, 0.3) is 0 Å². The SMILES string of the molecule is CN=C(NCc1ccnc(N2CCN(C)CC2)c1)NCc1ccc(F)cc1CSC.I. The minimum atomic E-state index is -0.195. The number of guanidine groups is 1. The van der Waals surface area contributed by atoms with Gasteiger partial charge in [0.15, 0.2) is 5.96 Å². The summed E-state index contributed by atoms with van der Waals surface area (Å²) in [5, 5.41) is 6.69. The Morgan fingerprint density at radius 3 is 2.55 bits per heavy atom. The molecule has 1 aromatic carbocycles. The van der Waals surface area contributed by atoms with Gasteiger partial charge < -0.3 is 20.4 Å². The fourth-order valence-electron chi connectivity index (χ4n) is 3.42. The molecule has 0 saturated carbocycles. The van der Waals surface area contributed by atoms with E-state index >= 15 is 0 Å². The smallest absolute Gasteiger partial charge is 0.191 e. The van der Waals surface area contributed by atoms with E-state index in [-0.39, 0.29) is 29.8 Å². The number of hydrogen-bond donors (Lipinski definition) is 2. The second-order valence-electron chi connectivity index (χ2n) is 7.44. The van der Waals surface area contributed by atoms with Gasteiger partial charge in [-0.15, -0.1) is 24.0 Å². The lowest BCUT2D eigenvalue weighted by atomic mass is 10.1. The zero-order valence-corrected chi connectivity index (χ0v) is 21.5. The van der Waals surface area contributed by atoms with Crippen LogP contribution in [0.5, 0.6) is 0 Å². The van der Waals surface area contributed by atoms with Gasteiger partial charge in [0, 0.05) is 58.3 Å². The van der Waals surface area contributed by atoms with Crippen molar-refractivity contribution >= 4 is 47.5 Å². The van der Waals surface area contributed by atoms with Crippen molar-refractivity contribution in [1.29, 1.82) is 0 Å². The predicted molar refractivity (Wildman–Crippen MR) is 140 cm³/mol. The van der Waals surface area contributed by atoms with E-state index in [4.69, 9.17) is 0 Å². The first-order chi connectivity index (χ1) is 14.6. The van der Waals surface area contributed by atoms with Gasteiger partial charge in [0.2, 0.25) is 0 Å². The van der Waals surface area contributed by atoms with E-state index in [9.17, 15) is 4.39 Å². The molecule has 3 rings (SSSR count). The van der Waals surface area contributed by atoms with Crippen molar-refractivity contribution in [3.8, 4) is 0 Å². The van der Waals surface area contributed by atoms with Crippen LogP contribution < -0.4 is 15.5 Å². The number of halogens is 2. The predicted octanol–water partition coefficient (Wildman–Crippen LogP) is 3.32. The number of nitrogens with one attached hydrogen (secondary N) is 2. The molecule has 0 atom stereocenters. The van der Waals surface area contributed by atoms with Crippen molar-refractivity contribution in [2.24, 2.45) is 4.99 Å². The lowest BCUT2D eigenvalue weighted by Crippen LogP contribution is -2.44. The minimum Gasteiger partial charge on any atom is -0.354 e. The summed E-state index contributed by atoms with van der Waals surface area (Å²) in [5.41, 5.74) is 3.25. The molecule has 0 spiro atoms. The van der Waals surface area contributed by atoms with Crippen molar-refractivity contribution in [2.75, 3.05) is 51.4 Å². The van der Waals surface area contributed by atoms with E-state index in [0.717, 1.165) is 54.4 Å². The number of piperazine rings is 1. The average molecular weight is 559 g/mol. The Bertz CT molecular complexity index is 858. The van der Waals surface area contributed by atoms with E-state index in [2.05, 4.69) is 43.5 Å². The molecule has 2 aromatic rings. The fraction of sp³-hybridized carbons (Fsp3) is 0.455. The van der Waals surface area contributed by atoms with E-state index in [1.807, 2.05) is 24.6 Å². The highest BCUT2D eigenvalue weighted by molar-refractivity contribution is 14.0. The third-order valence-corrected chi connectivity index (χ3v) is 5.83. The summed E-state index contributed by atoms with van der Waals surface area (Å²) in [6.45, 7) is 5.37. The van der Waals surface area contributed by atoms with Crippen LogP contribution in [0, 0.1) is 5.82 Å². The number of likely N-dealkylation sites (N-methyl/N-ethyl adjacent to an activating group) is 1. The lowest BCUT2D eigenvalue weighted by Gasteiger charge is -2.33. The number of anilines is 1. The molecule has 31 heavy (non-hydrogen) atoms. The molecule has 2 heterocycles. The van der Waals surface area contributed by atoms with Crippen LogP contribution in [-0.4, -0.2) is 62.4 Å². The van der Waals surface area contributed by atoms with Gasteiger partial charge in [-0.2, -0.15) is 11.8 Å². The number of benzene rings is 1. The van der Waals surface area contributed by atoms with Gasteiger partial charge in [-0.25, -0.2) is 9.37 Å². The van der Waals surface area contributed by atoms with Crippen molar-refractivity contribution in [3.63, 3.8) is 0 Å². The second kappa shape index (κ2) is 13.1. The summed E-state index contributed by atoms with van der Waals surface area (Å²) < 4.78 is 13.6. The molecular weight excluding hydrogens is 526 g/mol. The largest absolute Gasteiger partial charge is 0.354 e. The molecular formula is C22H32FIN6S. The number of rotatable bonds is 7. The molecule has 170 valence electrons. The molecule has 1 saturated heterocycles. The van der Waals surface area contributed by atoms with Crippen LogP contribution in [0.1, 0.15) is 16.7 Å². The normalized spacial score (nSPS) is 14.8. The molecule has 1 fully saturated rings. The topological polar surface area (TPSA) is 55.8 Å². The molecule has 0 unspecified atom stereocenters. The second-order valence-corrected chi connectivity index (χ2v) is 8.30. The molecule has 2 N–H and O–H groups in total. The average Bonchev–Trinajstić information content (AvgIpc) is 2.76. The van der Waals surface area contributed by atoms with E-state index in [1.165, 1.54) is 6.07 Å². The fourth-order valence-corrected chi connectivity index (χ4v) is 4.00. The summed E-state index contributed by atoms with van der Waals surface area (Å²) in [7, 11) is 3.91. The van der Waals surface area contributed by atoms with Gasteiger partial charge in [-0.3, -0.25) is 4.99 Å². The van der Waals surface area contributed by atoms with Gasteiger partial charge in [-0.1, -0.05) is 6.07 Å². The monoisotopic (exact) mass is 558 g/mol. The van der Waals surface area contributed by atoms with Crippen LogP contribution in [-0.2, 0) is 18.8 Å². The highest BCUT2D eigenvalue weighted by Gasteiger charge is 2.15. The van der Waals surface area contributed by atoms with E-state index in [0.29, 0.717) is 19.0 Å². The van der Waals surface area contributed by atoms with Crippen molar-refractivity contribution < 1.29 is 4.39 Å². The summed E-state index contributed by atoms with van der Waals surface area (Å²) in [6.07, 6.45) is 3.89. The Labute approximate surface area is 206 Å². The summed E-state index contributed by atoms with van der Waals surface area (Å²) in [4.78, 5) is 13.5. The molecule has 0 amide bonds. The molecule has 1 aromatic heterocycles. The molecule has 1 aliphatic rings. The van der Waals surface area contributed by atoms with Crippen molar-refractivity contribution in [3.05, 3.63) is 59.0 Å². The van der Waals surface area contributed by atoms with Gasteiger partial charge in [-0.05, 0) is 54.3 Å². The Morgan fingerprint density at radius 1 is 1.10 bits per heavy atom. The maximum Gasteiger partial charge on any atom is 0.191 e. The van der Waals surface area contributed by atoms with Crippen molar-refractivity contribution in [1.82, 2.24) is 20.5 Å². The van der Waals surface area contributed by atoms with Crippen molar-refractivity contribution in [2.45, 2.75) is 18.8 Å². The lowest BCUT2D eigenvalue weighted by molar-refractivity contribution is 0.312. The minimum absolute atomic E-state index is 0. The number of pyridine rings is 1. The highest BCUT2D eigenvalue weighted by atomic mass is 127. The number of hydrogen-bond acceptors (Lipinski definition) is 5. The zero-order valence-electron chi connectivity index (χ0n) is 18.4. The molecule has 0 bridgehead atoms. The Balaban J connectivity index is 0.00000341. The molecule has 1 aliphatic heterocycles. The van der Waals surface area contributed by atoms with Gasteiger partial charge >= 0.3 is 0 Å². The number of aliphatic imine (C=N–C) groups is 1. The quantitative estimate of drug-likeness (QED) is 0.309. The maximum absolute atomic E-state index is 13.6. The first-order valence-electron chi connectivity index (χ1n) is 10.2.